The zero-order chi connectivity index (χ0) is 14.8. The van der Waals surface area contributed by atoms with Crippen LogP contribution in [0.4, 0.5) is 4.39 Å². The second-order valence-electron chi connectivity index (χ2n) is 5.03. The monoisotopic (exact) mass is 279 g/mol. The molecule has 0 amide bonds. The lowest BCUT2D eigenvalue weighted by Gasteiger charge is -2.08. The van der Waals surface area contributed by atoms with Crippen molar-refractivity contribution in [2.24, 2.45) is 0 Å². The van der Waals surface area contributed by atoms with Crippen molar-refractivity contribution >= 4 is 16.7 Å². The Morgan fingerprint density at radius 3 is 2.71 bits per heavy atom. The number of carbonyl (C=O) groups is 1. The van der Waals surface area contributed by atoms with Crippen LogP contribution in [0.2, 0.25) is 0 Å². The molecule has 3 heteroatoms. The zero-order valence-corrected chi connectivity index (χ0v) is 11.6. The molecular weight excluding hydrogens is 265 g/mol. The maximum absolute atomic E-state index is 14.0. The topological polar surface area (TPSA) is 30.0 Å². The molecule has 0 aliphatic carbocycles. The van der Waals surface area contributed by atoms with Gasteiger partial charge in [-0.25, -0.2) is 4.39 Å². The molecule has 1 heterocycles. The molecule has 0 saturated heterocycles. The molecule has 0 spiro atoms. The van der Waals surface area contributed by atoms with E-state index in [4.69, 9.17) is 0 Å². The van der Waals surface area contributed by atoms with E-state index in [-0.39, 0.29) is 11.6 Å². The molecule has 0 saturated carbocycles. The number of benzene rings is 2. The summed E-state index contributed by atoms with van der Waals surface area (Å²) in [7, 11) is 0. The van der Waals surface area contributed by atoms with Gasteiger partial charge in [-0.1, -0.05) is 18.2 Å². The summed E-state index contributed by atoms with van der Waals surface area (Å²) in [5.74, 6) is -0.350. The molecule has 0 unspecified atom stereocenters. The van der Waals surface area contributed by atoms with Crippen molar-refractivity contribution in [3.63, 3.8) is 0 Å². The fourth-order valence-corrected chi connectivity index (χ4v) is 2.44. The Balaban J connectivity index is 2.06. The van der Waals surface area contributed by atoms with E-state index in [1.54, 1.807) is 12.3 Å². The summed E-state index contributed by atoms with van der Waals surface area (Å²) in [6.07, 6.45) is 2.17. The van der Waals surface area contributed by atoms with Gasteiger partial charge in [-0.3, -0.25) is 9.78 Å². The lowest BCUT2D eigenvalue weighted by molar-refractivity contribution is 0.101. The summed E-state index contributed by atoms with van der Waals surface area (Å²) in [6.45, 7) is 1.48. The van der Waals surface area contributed by atoms with Gasteiger partial charge in [-0.05, 0) is 48.4 Å². The van der Waals surface area contributed by atoms with Gasteiger partial charge in [0.15, 0.2) is 5.78 Å². The van der Waals surface area contributed by atoms with Crippen molar-refractivity contribution in [2.75, 3.05) is 0 Å². The maximum atomic E-state index is 14.0. The van der Waals surface area contributed by atoms with Gasteiger partial charge in [-0.15, -0.1) is 0 Å². The molecule has 0 aliphatic rings. The summed E-state index contributed by atoms with van der Waals surface area (Å²) in [6, 6.07) is 14.2. The number of hydrogen-bond donors (Lipinski definition) is 0. The Bertz CT molecular complexity index is 821. The Labute approximate surface area is 122 Å². The Kier molecular flexibility index (Phi) is 3.48. The van der Waals surface area contributed by atoms with Crippen molar-refractivity contribution in [3.05, 3.63) is 77.2 Å². The number of carbonyl (C=O) groups excluding carboxylic acids is 1. The molecule has 0 atom stereocenters. The van der Waals surface area contributed by atoms with Gasteiger partial charge < -0.3 is 0 Å². The van der Waals surface area contributed by atoms with Crippen LogP contribution in [-0.2, 0) is 6.42 Å². The Hall–Kier alpha value is -2.55. The van der Waals surface area contributed by atoms with E-state index in [9.17, 15) is 9.18 Å². The van der Waals surface area contributed by atoms with Crippen molar-refractivity contribution in [3.8, 4) is 0 Å². The molecule has 104 valence electrons. The third-order valence-electron chi connectivity index (χ3n) is 3.57. The standard InChI is InChI=1S/C18H14FNO/c1-12(21)13-6-7-17(19)15(10-13)11-14-8-9-20-18-5-3-2-4-16(14)18/h2-10H,11H2,1H3. The van der Waals surface area contributed by atoms with Crippen molar-refractivity contribution < 1.29 is 9.18 Å². The maximum Gasteiger partial charge on any atom is 0.159 e. The first-order valence-corrected chi connectivity index (χ1v) is 6.77. The predicted molar refractivity (Wildman–Crippen MR) is 81.0 cm³/mol. The van der Waals surface area contributed by atoms with Gasteiger partial charge in [0.05, 0.1) is 5.52 Å². The molecule has 3 aromatic rings. The highest BCUT2D eigenvalue weighted by Gasteiger charge is 2.09. The molecule has 2 nitrogen and oxygen atoms in total. The lowest BCUT2D eigenvalue weighted by Crippen LogP contribution is -1.99. The third kappa shape index (κ3) is 2.68. The predicted octanol–water partition coefficient (Wildman–Crippen LogP) is 4.17. The molecule has 3 rings (SSSR count). The Morgan fingerprint density at radius 2 is 1.90 bits per heavy atom. The highest BCUT2D eigenvalue weighted by atomic mass is 19.1. The quantitative estimate of drug-likeness (QED) is 0.674. The van der Waals surface area contributed by atoms with Crippen molar-refractivity contribution in [1.29, 1.82) is 0 Å². The van der Waals surface area contributed by atoms with Crippen LogP contribution in [0, 0.1) is 5.82 Å². The van der Waals surface area contributed by atoms with Gasteiger partial charge in [0.2, 0.25) is 0 Å². The summed E-state index contributed by atoms with van der Waals surface area (Å²) in [5, 5.41) is 1.01. The number of halogens is 1. The average molecular weight is 279 g/mol. The minimum atomic E-state index is -0.291. The minimum absolute atomic E-state index is 0.0594. The van der Waals surface area contributed by atoms with Crippen LogP contribution in [0.5, 0.6) is 0 Å². The smallest absolute Gasteiger partial charge is 0.159 e. The average Bonchev–Trinajstić information content (AvgIpc) is 2.49. The van der Waals surface area contributed by atoms with Crippen LogP contribution in [0.1, 0.15) is 28.4 Å². The normalized spacial score (nSPS) is 10.8. The van der Waals surface area contributed by atoms with Crippen LogP contribution < -0.4 is 0 Å². The van der Waals surface area contributed by atoms with Crippen LogP contribution >= 0.6 is 0 Å². The van der Waals surface area contributed by atoms with E-state index in [2.05, 4.69) is 4.98 Å². The Morgan fingerprint density at radius 1 is 1.10 bits per heavy atom. The molecular formula is C18H14FNO. The fourth-order valence-electron chi connectivity index (χ4n) is 2.44. The van der Waals surface area contributed by atoms with E-state index in [1.807, 2.05) is 30.3 Å². The summed E-state index contributed by atoms with van der Waals surface area (Å²) in [5.41, 5.74) is 2.95. The lowest BCUT2D eigenvalue weighted by atomic mass is 9.98. The van der Waals surface area contributed by atoms with Crippen LogP contribution in [-0.4, -0.2) is 10.8 Å². The summed E-state index contributed by atoms with van der Waals surface area (Å²) in [4.78, 5) is 15.7. The zero-order valence-electron chi connectivity index (χ0n) is 11.6. The number of pyridine rings is 1. The van der Waals surface area contributed by atoms with Gasteiger partial charge >= 0.3 is 0 Å². The van der Waals surface area contributed by atoms with E-state index < -0.39 is 0 Å². The number of ketones is 1. The molecule has 0 bridgehead atoms. The molecule has 0 aliphatic heterocycles. The van der Waals surface area contributed by atoms with E-state index in [0.717, 1.165) is 16.5 Å². The first kappa shape index (κ1) is 13.4. The van der Waals surface area contributed by atoms with E-state index in [0.29, 0.717) is 17.5 Å². The fraction of sp³-hybridized carbons (Fsp3) is 0.111. The number of Topliss-reactive ketones (excluding diaryl/α,β-unsaturated/α-hetero) is 1. The van der Waals surface area contributed by atoms with Crippen LogP contribution in [0.15, 0.2) is 54.7 Å². The molecule has 0 fully saturated rings. The largest absolute Gasteiger partial charge is 0.295 e. The number of para-hydroxylation sites is 1. The third-order valence-corrected chi connectivity index (χ3v) is 3.57. The number of rotatable bonds is 3. The van der Waals surface area contributed by atoms with Gasteiger partial charge in [-0.2, -0.15) is 0 Å². The number of hydrogen-bond acceptors (Lipinski definition) is 2. The molecule has 2 aromatic carbocycles. The second kappa shape index (κ2) is 5.44. The first-order valence-electron chi connectivity index (χ1n) is 6.77. The molecule has 1 aromatic heterocycles. The highest BCUT2D eigenvalue weighted by molar-refractivity contribution is 5.94. The van der Waals surface area contributed by atoms with Crippen LogP contribution in [0.25, 0.3) is 10.9 Å². The molecule has 0 N–H and O–H groups in total. The molecule has 0 radical (unpaired) electrons. The summed E-state index contributed by atoms with van der Waals surface area (Å²) >= 11 is 0. The minimum Gasteiger partial charge on any atom is -0.295 e. The SMILES string of the molecule is CC(=O)c1ccc(F)c(Cc2ccnc3ccccc23)c1. The van der Waals surface area contributed by atoms with Gasteiger partial charge in [0.1, 0.15) is 5.82 Å². The van der Waals surface area contributed by atoms with Gasteiger partial charge in [0, 0.05) is 23.6 Å². The number of aromatic nitrogens is 1. The molecule has 21 heavy (non-hydrogen) atoms. The van der Waals surface area contributed by atoms with Crippen LogP contribution in [0.3, 0.4) is 0 Å². The van der Waals surface area contributed by atoms with Crippen molar-refractivity contribution in [2.45, 2.75) is 13.3 Å². The number of nitrogens with zero attached hydrogens (tertiary/aromatic N) is 1. The highest BCUT2D eigenvalue weighted by Crippen LogP contribution is 2.21. The number of fused-ring (bicyclic) bond motifs is 1. The summed E-state index contributed by atoms with van der Waals surface area (Å²) < 4.78 is 14.0. The van der Waals surface area contributed by atoms with Crippen molar-refractivity contribution in [1.82, 2.24) is 4.98 Å². The van der Waals surface area contributed by atoms with Gasteiger partial charge in [0.25, 0.3) is 0 Å². The van der Waals surface area contributed by atoms with E-state index in [1.165, 1.54) is 19.1 Å². The first-order chi connectivity index (χ1) is 10.1. The van der Waals surface area contributed by atoms with E-state index >= 15 is 0 Å². The second-order valence-corrected chi connectivity index (χ2v) is 5.03.